The van der Waals surface area contributed by atoms with Gasteiger partial charge in [-0.1, -0.05) is 0 Å². The van der Waals surface area contributed by atoms with Crippen LogP contribution in [0.4, 0.5) is 20.5 Å². The van der Waals surface area contributed by atoms with E-state index in [0.29, 0.717) is 31.4 Å². The summed E-state index contributed by atoms with van der Waals surface area (Å²) in [5.41, 5.74) is 7.19. The van der Waals surface area contributed by atoms with Crippen molar-refractivity contribution in [3.63, 3.8) is 0 Å². The van der Waals surface area contributed by atoms with Crippen LogP contribution in [0, 0.1) is 0 Å². The molecule has 1 atom stereocenters. The maximum absolute atomic E-state index is 12.7. The van der Waals surface area contributed by atoms with Crippen LogP contribution in [0.3, 0.4) is 0 Å². The topological polar surface area (TPSA) is 107 Å². The molecule has 10 nitrogen and oxygen atoms in total. The fourth-order valence-corrected chi connectivity index (χ4v) is 4.91. The first-order chi connectivity index (χ1) is 18.5. The number of alkyl halides is 2. The second-order valence-electron chi connectivity index (χ2n) is 9.64. The van der Waals surface area contributed by atoms with Gasteiger partial charge >= 0.3 is 0 Å². The van der Waals surface area contributed by atoms with Gasteiger partial charge in [-0.25, -0.2) is 33.7 Å². The van der Waals surface area contributed by atoms with E-state index in [1.165, 1.54) is 0 Å². The number of hydrogen-bond donors (Lipinski definition) is 2. The van der Waals surface area contributed by atoms with Crippen molar-refractivity contribution in [3.05, 3.63) is 36.3 Å². The number of pyridine rings is 1. The summed E-state index contributed by atoms with van der Waals surface area (Å²) < 4.78 is 38.0. The van der Waals surface area contributed by atoms with Gasteiger partial charge in [-0.05, 0) is 56.7 Å². The number of anilines is 1. The molecule has 0 bridgehead atoms. The Labute approximate surface area is 219 Å². The number of methoxy groups -OCH3 is 1. The Bertz CT molecular complexity index is 1260. The monoisotopic (exact) mass is 529 g/mol. The number of aromatic nitrogens is 4. The molecule has 2 aliphatic rings. The average Bonchev–Trinajstić information content (AvgIpc) is 3.34. The number of ether oxygens (including phenoxy) is 2. The largest absolute Gasteiger partial charge is 0.382 e. The molecule has 12 heteroatoms. The number of fused-ring (bicyclic) bond motifs is 2. The molecule has 1 saturated carbocycles. The summed E-state index contributed by atoms with van der Waals surface area (Å²) >= 11 is 0. The van der Waals surface area contributed by atoms with Gasteiger partial charge in [0, 0.05) is 42.4 Å². The molecule has 1 fully saturated rings. The fraction of sp³-hybridized carbons (Fsp3) is 0.538. The number of nitrogens with zero attached hydrogens (tertiary/aromatic N) is 5. The molecule has 38 heavy (non-hydrogen) atoms. The van der Waals surface area contributed by atoms with Crippen molar-refractivity contribution in [1.29, 1.82) is 0 Å². The molecule has 0 spiro atoms. The van der Waals surface area contributed by atoms with E-state index in [2.05, 4.69) is 30.9 Å². The second-order valence-corrected chi connectivity index (χ2v) is 9.64. The summed E-state index contributed by atoms with van der Waals surface area (Å²) in [5.74, 6) is 1.000. The Balaban J connectivity index is 1.21. The molecule has 1 aliphatic heterocycles. The molecule has 3 aromatic heterocycles. The lowest BCUT2D eigenvalue weighted by molar-refractivity contribution is -0.0315. The average molecular weight is 530 g/mol. The quantitative estimate of drug-likeness (QED) is 0.284. The highest BCUT2D eigenvalue weighted by Crippen LogP contribution is 2.31. The smallest absolute Gasteiger partial charge is 0.264 e. The predicted molar refractivity (Wildman–Crippen MR) is 139 cm³/mol. The number of aliphatic imine (C=N–C) groups is 1. The zero-order valence-corrected chi connectivity index (χ0v) is 21.6. The maximum atomic E-state index is 12.7. The van der Waals surface area contributed by atoms with Crippen LogP contribution in [-0.2, 0) is 20.7 Å². The molecule has 1 aliphatic carbocycles. The molecule has 0 unspecified atom stereocenters. The van der Waals surface area contributed by atoms with Gasteiger partial charge < -0.3 is 14.8 Å². The van der Waals surface area contributed by atoms with E-state index in [0.717, 1.165) is 53.6 Å². The number of hydrogen-bond acceptors (Lipinski definition) is 9. The van der Waals surface area contributed by atoms with Crippen molar-refractivity contribution in [2.75, 3.05) is 32.3 Å². The van der Waals surface area contributed by atoms with Gasteiger partial charge in [-0.2, -0.15) is 0 Å². The SMILES string of the molecule is COCCOC1CCC(ONc2ncc3c(-c4cnc5c(c4)C[C@H](NCC(F)F)C(C)=N5)ccn3n2)CC1. The summed E-state index contributed by atoms with van der Waals surface area (Å²) in [6, 6.07) is 3.72. The van der Waals surface area contributed by atoms with Crippen LogP contribution in [0.1, 0.15) is 38.2 Å². The molecule has 4 heterocycles. The van der Waals surface area contributed by atoms with Crippen LogP contribution in [0.5, 0.6) is 0 Å². The molecule has 3 aromatic rings. The Hall–Kier alpha value is -3.06. The van der Waals surface area contributed by atoms with Gasteiger partial charge in [0.25, 0.3) is 12.4 Å². The van der Waals surface area contributed by atoms with Crippen LogP contribution >= 0.6 is 0 Å². The van der Waals surface area contributed by atoms with Gasteiger partial charge in [0.15, 0.2) is 5.82 Å². The van der Waals surface area contributed by atoms with Crippen LogP contribution in [0.25, 0.3) is 16.6 Å². The number of nitrogens with one attached hydrogen (secondary N) is 2. The Morgan fingerprint density at radius 1 is 1.11 bits per heavy atom. The predicted octanol–water partition coefficient (Wildman–Crippen LogP) is 3.98. The maximum Gasteiger partial charge on any atom is 0.264 e. The van der Waals surface area contributed by atoms with Gasteiger partial charge in [-0.15, -0.1) is 5.10 Å². The molecule has 2 N–H and O–H groups in total. The zero-order valence-electron chi connectivity index (χ0n) is 21.6. The third-order valence-electron chi connectivity index (χ3n) is 6.98. The van der Waals surface area contributed by atoms with Crippen LogP contribution < -0.4 is 10.8 Å². The molecule has 5 rings (SSSR count). The number of rotatable bonds is 11. The van der Waals surface area contributed by atoms with E-state index in [-0.39, 0.29) is 24.8 Å². The van der Waals surface area contributed by atoms with Gasteiger partial charge in [0.1, 0.15) is 0 Å². The number of halogens is 2. The Morgan fingerprint density at radius 3 is 2.71 bits per heavy atom. The molecular weight excluding hydrogens is 496 g/mol. The van der Waals surface area contributed by atoms with Crippen molar-refractivity contribution in [3.8, 4) is 11.1 Å². The van der Waals surface area contributed by atoms with E-state index in [9.17, 15) is 8.78 Å². The molecule has 0 radical (unpaired) electrons. The first-order valence-corrected chi connectivity index (χ1v) is 12.9. The summed E-state index contributed by atoms with van der Waals surface area (Å²) in [4.78, 5) is 19.3. The van der Waals surface area contributed by atoms with E-state index in [4.69, 9.17) is 14.3 Å². The van der Waals surface area contributed by atoms with Crippen molar-refractivity contribution >= 4 is 23.0 Å². The van der Waals surface area contributed by atoms with Crippen LogP contribution in [-0.4, -0.2) is 76.8 Å². The van der Waals surface area contributed by atoms with Gasteiger partial charge in [-0.3, -0.25) is 4.84 Å². The normalized spacial score (nSPS) is 21.5. The summed E-state index contributed by atoms with van der Waals surface area (Å²) in [6.07, 6.45) is 7.51. The van der Waals surface area contributed by atoms with Gasteiger partial charge in [0.05, 0.1) is 43.7 Å². The molecule has 0 aromatic carbocycles. The van der Waals surface area contributed by atoms with E-state index in [1.54, 1.807) is 24.0 Å². The van der Waals surface area contributed by atoms with Crippen molar-refractivity contribution in [1.82, 2.24) is 24.9 Å². The van der Waals surface area contributed by atoms with Gasteiger partial charge in [0.2, 0.25) is 0 Å². The van der Waals surface area contributed by atoms with Crippen LogP contribution in [0.2, 0.25) is 0 Å². The third-order valence-corrected chi connectivity index (χ3v) is 6.98. The highest BCUT2D eigenvalue weighted by molar-refractivity contribution is 5.92. The molecule has 0 amide bonds. The summed E-state index contributed by atoms with van der Waals surface area (Å²) in [6.45, 7) is 2.69. The highest BCUT2D eigenvalue weighted by Gasteiger charge is 2.24. The van der Waals surface area contributed by atoms with Crippen molar-refractivity contribution in [2.24, 2.45) is 4.99 Å². The van der Waals surface area contributed by atoms with Crippen molar-refractivity contribution in [2.45, 2.75) is 63.7 Å². The van der Waals surface area contributed by atoms with Crippen molar-refractivity contribution < 1.29 is 23.1 Å². The zero-order chi connectivity index (χ0) is 26.5. The lowest BCUT2D eigenvalue weighted by atomic mass is 9.95. The highest BCUT2D eigenvalue weighted by atomic mass is 19.3. The molecule has 204 valence electrons. The minimum Gasteiger partial charge on any atom is -0.382 e. The minimum absolute atomic E-state index is 0.0728. The van der Waals surface area contributed by atoms with E-state index < -0.39 is 6.43 Å². The summed E-state index contributed by atoms with van der Waals surface area (Å²) in [7, 11) is 1.67. The third kappa shape index (κ3) is 6.32. The lowest BCUT2D eigenvalue weighted by Crippen LogP contribution is -2.41. The van der Waals surface area contributed by atoms with E-state index in [1.807, 2.05) is 25.3 Å². The molecule has 0 saturated heterocycles. The van der Waals surface area contributed by atoms with Crippen LogP contribution in [0.15, 0.2) is 35.7 Å². The Morgan fingerprint density at radius 2 is 1.92 bits per heavy atom. The van der Waals surface area contributed by atoms with E-state index >= 15 is 0 Å². The first-order valence-electron chi connectivity index (χ1n) is 12.9. The second kappa shape index (κ2) is 12.2. The standard InChI is InChI=1S/C26H33F2N7O3/c1-16-22(29-15-24(27)28)12-17-11-18(13-30-25(17)32-16)21-7-8-35-23(21)14-31-26(33-35)34-38-20-5-3-19(4-6-20)37-10-9-36-2/h7-8,11,13-14,19-20,22,24,29H,3-6,9-10,12,15H2,1-2H3,(H,33,34)/t19?,20?,22-/m0/s1. The lowest BCUT2D eigenvalue weighted by Gasteiger charge is -2.28. The molecular formula is C26H33F2N7O3. The first kappa shape index (κ1) is 26.5. The Kier molecular flexibility index (Phi) is 8.52. The fourth-order valence-electron chi connectivity index (χ4n) is 4.91. The minimum atomic E-state index is -2.41. The summed E-state index contributed by atoms with van der Waals surface area (Å²) in [5, 5.41) is 7.42.